The van der Waals surface area contributed by atoms with Gasteiger partial charge in [0.05, 0.1) is 0 Å². The normalized spacial score (nSPS) is 30.1. The number of hydrogen-bond acceptors (Lipinski definition) is 2. The van der Waals surface area contributed by atoms with E-state index in [4.69, 9.17) is 0 Å². The molecule has 1 atom stereocenters. The van der Waals surface area contributed by atoms with Crippen LogP contribution in [0.5, 0.6) is 0 Å². The summed E-state index contributed by atoms with van der Waals surface area (Å²) < 4.78 is 0. The molecule has 0 aromatic carbocycles. The van der Waals surface area contributed by atoms with E-state index in [9.17, 15) is 0 Å². The summed E-state index contributed by atoms with van der Waals surface area (Å²) in [7, 11) is 0. The van der Waals surface area contributed by atoms with Gasteiger partial charge < -0.3 is 5.32 Å². The van der Waals surface area contributed by atoms with E-state index in [1.807, 2.05) is 18.5 Å². The van der Waals surface area contributed by atoms with Crippen molar-refractivity contribution in [3.05, 3.63) is 12.3 Å². The number of hydrogen-bond donors (Lipinski definition) is 1. The maximum Gasteiger partial charge on any atom is 0.0431 e. The van der Waals surface area contributed by atoms with E-state index in [1.165, 1.54) is 0 Å². The van der Waals surface area contributed by atoms with Crippen molar-refractivity contribution < 1.29 is 0 Å². The highest BCUT2D eigenvalue weighted by Gasteiger charge is 1.97. The third-order valence-corrected chi connectivity index (χ3v) is 1.29. The van der Waals surface area contributed by atoms with Gasteiger partial charge in [0.1, 0.15) is 0 Å². The monoisotopic (exact) mass is 124 g/mol. The molecule has 9 heavy (non-hydrogen) atoms. The molecule has 0 bridgehead atoms. The predicted molar refractivity (Wildman–Crippen MR) is 39.7 cm³/mol. The Balaban J connectivity index is 2.40. The Labute approximate surface area is 55.7 Å². The summed E-state index contributed by atoms with van der Waals surface area (Å²) in [5.41, 5.74) is 0. The van der Waals surface area contributed by atoms with E-state index < -0.39 is 0 Å². The topological polar surface area (TPSA) is 24.4 Å². The molecule has 1 aliphatic rings. The summed E-state index contributed by atoms with van der Waals surface area (Å²) in [5, 5.41) is 3.17. The van der Waals surface area contributed by atoms with Crippen molar-refractivity contribution in [1.82, 2.24) is 5.32 Å². The van der Waals surface area contributed by atoms with Crippen LogP contribution in [0.3, 0.4) is 0 Å². The highest BCUT2D eigenvalue weighted by atomic mass is 14.9. The number of rotatable bonds is 0. The fraction of sp³-hybridized carbons (Fsp3) is 0.571. The van der Waals surface area contributed by atoms with Gasteiger partial charge in [-0.1, -0.05) is 6.92 Å². The van der Waals surface area contributed by atoms with Gasteiger partial charge in [0.15, 0.2) is 0 Å². The predicted octanol–water partition coefficient (Wildman–Crippen LogP) is 0.810. The van der Waals surface area contributed by atoms with Crippen LogP contribution in [0.1, 0.15) is 6.92 Å². The molecule has 2 heteroatoms. The summed E-state index contributed by atoms with van der Waals surface area (Å²) in [6.45, 7) is 4.16. The second kappa shape index (κ2) is 3.28. The van der Waals surface area contributed by atoms with Crippen LogP contribution >= 0.6 is 0 Å². The molecule has 1 N–H and O–H groups in total. The van der Waals surface area contributed by atoms with E-state index in [0.717, 1.165) is 13.1 Å². The van der Waals surface area contributed by atoms with Gasteiger partial charge in [-0.3, -0.25) is 4.99 Å². The highest BCUT2D eigenvalue weighted by molar-refractivity contribution is 5.70. The molecule has 1 aliphatic heterocycles. The Morgan fingerprint density at radius 1 is 1.67 bits per heavy atom. The molecule has 50 valence electrons. The fourth-order valence-corrected chi connectivity index (χ4v) is 0.747. The van der Waals surface area contributed by atoms with Crippen molar-refractivity contribution in [2.45, 2.75) is 6.92 Å². The number of nitrogens with zero attached hydrogens (tertiary/aromatic N) is 1. The Morgan fingerprint density at radius 2 is 2.56 bits per heavy atom. The smallest absolute Gasteiger partial charge is 0.0431 e. The molecule has 0 saturated heterocycles. The Bertz CT molecular complexity index is 127. The quantitative estimate of drug-likeness (QED) is 0.507. The van der Waals surface area contributed by atoms with E-state index in [2.05, 4.69) is 17.2 Å². The standard InChI is InChI=1S/C7H12N2/c1-7-5-8-3-2-4-9-6-7/h2-4,7-8H,5-6H2,1H3/b3-2-,9-4?. The summed E-state index contributed by atoms with van der Waals surface area (Å²) >= 11 is 0. The maximum atomic E-state index is 4.16. The lowest BCUT2D eigenvalue weighted by Gasteiger charge is -2.08. The summed E-state index contributed by atoms with van der Waals surface area (Å²) in [6, 6.07) is 0. The average Bonchev–Trinajstić information content (AvgIpc) is 1.79. The van der Waals surface area contributed by atoms with Crippen LogP contribution < -0.4 is 5.32 Å². The lowest BCUT2D eigenvalue weighted by molar-refractivity contribution is 0.568. The molecule has 0 aromatic rings. The molecular weight excluding hydrogens is 112 g/mol. The van der Waals surface area contributed by atoms with Crippen molar-refractivity contribution in [2.24, 2.45) is 10.9 Å². The second-order valence-electron chi connectivity index (χ2n) is 2.39. The van der Waals surface area contributed by atoms with Gasteiger partial charge >= 0.3 is 0 Å². The Morgan fingerprint density at radius 3 is 3.44 bits per heavy atom. The van der Waals surface area contributed by atoms with E-state index in [0.29, 0.717) is 5.92 Å². The Kier molecular flexibility index (Phi) is 2.31. The van der Waals surface area contributed by atoms with Crippen molar-refractivity contribution >= 4 is 6.21 Å². The molecular formula is C7H12N2. The zero-order valence-corrected chi connectivity index (χ0v) is 5.67. The van der Waals surface area contributed by atoms with Crippen LogP contribution in [0.15, 0.2) is 17.3 Å². The fourth-order valence-electron chi connectivity index (χ4n) is 0.747. The third kappa shape index (κ3) is 2.31. The highest BCUT2D eigenvalue weighted by Crippen LogP contribution is 1.93. The van der Waals surface area contributed by atoms with Gasteiger partial charge in [-0.15, -0.1) is 0 Å². The zero-order chi connectivity index (χ0) is 6.53. The molecule has 1 heterocycles. The van der Waals surface area contributed by atoms with Crippen LogP contribution in [0.4, 0.5) is 0 Å². The van der Waals surface area contributed by atoms with Crippen molar-refractivity contribution in [2.75, 3.05) is 13.1 Å². The molecule has 0 aliphatic carbocycles. The lowest BCUT2D eigenvalue weighted by Crippen LogP contribution is -2.18. The molecule has 0 saturated carbocycles. The van der Waals surface area contributed by atoms with E-state index in [-0.39, 0.29) is 0 Å². The summed E-state index contributed by atoms with van der Waals surface area (Å²) in [6.07, 6.45) is 5.69. The summed E-state index contributed by atoms with van der Waals surface area (Å²) in [4.78, 5) is 4.16. The third-order valence-electron chi connectivity index (χ3n) is 1.29. The van der Waals surface area contributed by atoms with Crippen LogP contribution in [0.2, 0.25) is 0 Å². The first-order valence-electron chi connectivity index (χ1n) is 3.28. The van der Waals surface area contributed by atoms with Gasteiger partial charge in [-0.2, -0.15) is 0 Å². The first-order chi connectivity index (χ1) is 4.39. The molecule has 0 radical (unpaired) electrons. The van der Waals surface area contributed by atoms with E-state index >= 15 is 0 Å². The lowest BCUT2D eigenvalue weighted by atomic mass is 10.2. The van der Waals surface area contributed by atoms with Crippen molar-refractivity contribution in [3.8, 4) is 0 Å². The SMILES string of the molecule is CC1CN=C/C=C\NC1. The largest absolute Gasteiger partial charge is 0.391 e. The van der Waals surface area contributed by atoms with Crippen LogP contribution in [-0.2, 0) is 0 Å². The van der Waals surface area contributed by atoms with Crippen LogP contribution in [0.25, 0.3) is 0 Å². The van der Waals surface area contributed by atoms with Crippen molar-refractivity contribution in [1.29, 1.82) is 0 Å². The van der Waals surface area contributed by atoms with Crippen molar-refractivity contribution in [3.63, 3.8) is 0 Å². The molecule has 2 nitrogen and oxygen atoms in total. The minimum atomic E-state index is 0.659. The maximum absolute atomic E-state index is 4.16. The average molecular weight is 124 g/mol. The minimum absolute atomic E-state index is 0.659. The minimum Gasteiger partial charge on any atom is -0.391 e. The number of nitrogens with one attached hydrogen (secondary N) is 1. The summed E-state index contributed by atoms with van der Waals surface area (Å²) in [5.74, 6) is 0.659. The first kappa shape index (κ1) is 6.33. The molecule has 0 spiro atoms. The molecule has 0 aromatic heterocycles. The zero-order valence-electron chi connectivity index (χ0n) is 5.67. The number of aliphatic imine (C=N–C) groups is 1. The van der Waals surface area contributed by atoms with Gasteiger partial charge in [0.2, 0.25) is 0 Å². The molecule has 1 rings (SSSR count). The molecule has 1 unspecified atom stereocenters. The van der Waals surface area contributed by atoms with Crippen LogP contribution in [-0.4, -0.2) is 19.3 Å². The van der Waals surface area contributed by atoms with Gasteiger partial charge in [0.25, 0.3) is 0 Å². The molecule has 0 amide bonds. The molecule has 0 fully saturated rings. The van der Waals surface area contributed by atoms with Gasteiger partial charge in [-0.05, 0) is 18.2 Å². The van der Waals surface area contributed by atoms with Crippen LogP contribution in [0, 0.1) is 5.92 Å². The van der Waals surface area contributed by atoms with Gasteiger partial charge in [0, 0.05) is 19.3 Å². The van der Waals surface area contributed by atoms with Gasteiger partial charge in [-0.25, -0.2) is 0 Å². The second-order valence-corrected chi connectivity index (χ2v) is 2.39. The number of allylic oxidation sites excluding steroid dienone is 1. The van der Waals surface area contributed by atoms with E-state index in [1.54, 1.807) is 0 Å². The Hall–Kier alpha value is -0.790. The first-order valence-corrected chi connectivity index (χ1v) is 3.28.